The topological polar surface area (TPSA) is 51.1 Å². The van der Waals surface area contributed by atoms with Gasteiger partial charge in [0.25, 0.3) is 0 Å². The minimum Gasteiger partial charge on any atom is -0.497 e. The molecule has 5 rings (SSSR count). The zero-order chi connectivity index (χ0) is 18.9. The van der Waals surface area contributed by atoms with Crippen LogP contribution in [0.5, 0.6) is 5.75 Å². The molecular formula is C22H23N4OS. The summed E-state index contributed by atoms with van der Waals surface area (Å²) in [6, 6.07) is 8.15. The lowest BCUT2D eigenvalue weighted by Gasteiger charge is -2.25. The van der Waals surface area contributed by atoms with E-state index in [2.05, 4.69) is 33.3 Å². The molecule has 1 aromatic carbocycles. The van der Waals surface area contributed by atoms with Gasteiger partial charge in [0.15, 0.2) is 11.5 Å². The number of methoxy groups -OCH3 is 1. The third-order valence-electron chi connectivity index (χ3n) is 5.53. The summed E-state index contributed by atoms with van der Waals surface area (Å²) in [5, 5.41) is 1.10. The number of nitrogens with zero attached hydrogens (tertiary/aromatic N) is 4. The highest BCUT2D eigenvalue weighted by Gasteiger charge is 2.30. The first-order valence-electron chi connectivity index (χ1n) is 9.97. The molecule has 0 bridgehead atoms. The van der Waals surface area contributed by atoms with Crippen molar-refractivity contribution in [2.45, 2.75) is 38.0 Å². The summed E-state index contributed by atoms with van der Waals surface area (Å²) in [6.07, 6.45) is 11.0. The second-order valence-electron chi connectivity index (χ2n) is 7.50. The van der Waals surface area contributed by atoms with Crippen molar-refractivity contribution in [2.24, 2.45) is 0 Å². The number of hydrogen-bond donors (Lipinski definition) is 0. The van der Waals surface area contributed by atoms with Gasteiger partial charge in [0.05, 0.1) is 23.4 Å². The largest absolute Gasteiger partial charge is 0.497 e. The van der Waals surface area contributed by atoms with E-state index >= 15 is 0 Å². The monoisotopic (exact) mass is 391 g/mol. The Hall–Kier alpha value is -2.47. The molecule has 3 heterocycles. The van der Waals surface area contributed by atoms with E-state index in [0.29, 0.717) is 5.92 Å². The maximum absolute atomic E-state index is 5.33. The van der Waals surface area contributed by atoms with Gasteiger partial charge in [-0.05, 0) is 62.3 Å². The van der Waals surface area contributed by atoms with E-state index in [4.69, 9.17) is 9.72 Å². The molecule has 0 spiro atoms. The van der Waals surface area contributed by atoms with Crippen molar-refractivity contribution >= 4 is 16.5 Å². The molecule has 0 atom stereocenters. The molecule has 1 aliphatic carbocycles. The minimum absolute atomic E-state index is 0.578. The molecule has 3 aromatic rings. The second kappa shape index (κ2) is 7.51. The minimum atomic E-state index is 0.578. The Labute approximate surface area is 169 Å². The smallest absolute Gasteiger partial charge is 0.198 e. The number of thiazole rings is 1. The van der Waals surface area contributed by atoms with Gasteiger partial charge in [-0.2, -0.15) is 0 Å². The van der Waals surface area contributed by atoms with Gasteiger partial charge in [-0.25, -0.2) is 15.0 Å². The second-order valence-corrected chi connectivity index (χ2v) is 8.48. The third kappa shape index (κ3) is 3.37. The third-order valence-corrected chi connectivity index (χ3v) is 6.66. The summed E-state index contributed by atoms with van der Waals surface area (Å²) < 4.78 is 5.33. The number of aromatic nitrogens is 3. The maximum atomic E-state index is 5.33. The first kappa shape index (κ1) is 17.6. The van der Waals surface area contributed by atoms with E-state index in [0.717, 1.165) is 45.8 Å². The Bertz CT molecular complexity index is 959. The normalized spacial score (nSPS) is 17.0. The van der Waals surface area contributed by atoms with Crippen molar-refractivity contribution in [3.8, 4) is 27.6 Å². The Morgan fingerprint density at radius 1 is 1.07 bits per heavy atom. The van der Waals surface area contributed by atoms with Crippen molar-refractivity contribution in [3.63, 3.8) is 0 Å². The number of anilines is 1. The SMILES string of the molecule is COc1ccc(-c2nc(N3CCCCC3)sc2-c2n[c]ncc2C2CC2)cc1. The summed E-state index contributed by atoms with van der Waals surface area (Å²) in [5.41, 5.74) is 4.34. The number of benzene rings is 1. The summed E-state index contributed by atoms with van der Waals surface area (Å²) in [4.78, 5) is 17.4. The average Bonchev–Trinajstić information content (AvgIpc) is 3.52. The number of piperidine rings is 1. The average molecular weight is 392 g/mol. The Morgan fingerprint density at radius 3 is 2.57 bits per heavy atom. The van der Waals surface area contributed by atoms with Crippen LogP contribution < -0.4 is 9.64 Å². The fourth-order valence-electron chi connectivity index (χ4n) is 3.81. The van der Waals surface area contributed by atoms with Gasteiger partial charge in [0.2, 0.25) is 0 Å². The lowest BCUT2D eigenvalue weighted by atomic mass is 10.1. The summed E-state index contributed by atoms with van der Waals surface area (Å²) in [5.74, 6) is 1.43. The molecule has 2 aliphatic rings. The van der Waals surface area contributed by atoms with Crippen molar-refractivity contribution < 1.29 is 4.74 Å². The Morgan fingerprint density at radius 2 is 1.86 bits per heavy atom. The van der Waals surface area contributed by atoms with Crippen LogP contribution in [0.25, 0.3) is 21.8 Å². The zero-order valence-corrected chi connectivity index (χ0v) is 16.8. The molecular weight excluding hydrogens is 368 g/mol. The van der Waals surface area contributed by atoms with Crippen molar-refractivity contribution in [2.75, 3.05) is 25.1 Å². The van der Waals surface area contributed by atoms with E-state index in [1.807, 2.05) is 18.3 Å². The molecule has 0 unspecified atom stereocenters. The molecule has 5 nitrogen and oxygen atoms in total. The molecule has 0 N–H and O–H groups in total. The summed E-state index contributed by atoms with van der Waals surface area (Å²) in [6.45, 7) is 2.17. The van der Waals surface area contributed by atoms with Gasteiger partial charge < -0.3 is 9.64 Å². The van der Waals surface area contributed by atoms with E-state index in [1.54, 1.807) is 18.4 Å². The van der Waals surface area contributed by atoms with Gasteiger partial charge in [-0.1, -0.05) is 11.3 Å². The highest BCUT2D eigenvalue weighted by Crippen LogP contribution is 2.47. The lowest BCUT2D eigenvalue weighted by Crippen LogP contribution is -2.29. The van der Waals surface area contributed by atoms with Crippen LogP contribution >= 0.6 is 11.3 Å². The van der Waals surface area contributed by atoms with Crippen LogP contribution in [0.3, 0.4) is 0 Å². The van der Waals surface area contributed by atoms with Gasteiger partial charge in [0, 0.05) is 30.4 Å². The molecule has 1 aliphatic heterocycles. The van der Waals surface area contributed by atoms with E-state index in [1.165, 1.54) is 37.7 Å². The summed E-state index contributed by atoms with van der Waals surface area (Å²) >= 11 is 1.76. The highest BCUT2D eigenvalue weighted by atomic mass is 32.1. The Kier molecular flexibility index (Phi) is 4.72. The van der Waals surface area contributed by atoms with Crippen LogP contribution in [0.4, 0.5) is 5.13 Å². The molecule has 2 aromatic heterocycles. The zero-order valence-electron chi connectivity index (χ0n) is 16.0. The van der Waals surface area contributed by atoms with Gasteiger partial charge in [0.1, 0.15) is 5.75 Å². The van der Waals surface area contributed by atoms with Gasteiger partial charge in [-0.3, -0.25) is 0 Å². The quantitative estimate of drug-likeness (QED) is 0.616. The predicted octanol–water partition coefficient (Wildman–Crippen LogP) is 4.94. The molecule has 1 saturated heterocycles. The van der Waals surface area contributed by atoms with E-state index in [9.17, 15) is 0 Å². The van der Waals surface area contributed by atoms with Crippen molar-refractivity contribution in [3.05, 3.63) is 42.4 Å². The maximum Gasteiger partial charge on any atom is 0.198 e. The van der Waals surface area contributed by atoms with Gasteiger partial charge in [-0.15, -0.1) is 0 Å². The standard InChI is InChI=1S/C22H23N4OS/c1-27-17-9-7-16(8-10-17)19-21(20-18(15-5-6-15)13-23-14-24-20)28-22(25-19)26-11-3-2-4-12-26/h7-10,13,15H,2-6,11-12H2,1H3. The van der Waals surface area contributed by atoms with Crippen LogP contribution in [-0.2, 0) is 0 Å². The van der Waals surface area contributed by atoms with Crippen molar-refractivity contribution in [1.29, 1.82) is 0 Å². The first-order chi connectivity index (χ1) is 13.8. The van der Waals surface area contributed by atoms with Crippen LogP contribution in [-0.4, -0.2) is 35.2 Å². The number of hydrogen-bond acceptors (Lipinski definition) is 6. The van der Waals surface area contributed by atoms with E-state index in [-0.39, 0.29) is 0 Å². The molecule has 143 valence electrons. The lowest BCUT2D eigenvalue weighted by molar-refractivity contribution is 0.415. The molecule has 28 heavy (non-hydrogen) atoms. The fraction of sp³-hybridized carbons (Fsp3) is 0.409. The summed E-state index contributed by atoms with van der Waals surface area (Å²) in [7, 11) is 1.69. The van der Waals surface area contributed by atoms with Crippen molar-refractivity contribution in [1.82, 2.24) is 15.0 Å². The molecule has 2 fully saturated rings. The molecule has 1 radical (unpaired) electrons. The van der Waals surface area contributed by atoms with E-state index < -0.39 is 0 Å². The molecule has 0 amide bonds. The molecule has 6 heteroatoms. The first-order valence-corrected chi connectivity index (χ1v) is 10.8. The number of rotatable bonds is 5. The predicted molar refractivity (Wildman–Crippen MR) is 112 cm³/mol. The van der Waals surface area contributed by atoms with Crippen LogP contribution in [0.2, 0.25) is 0 Å². The highest BCUT2D eigenvalue weighted by molar-refractivity contribution is 7.19. The van der Waals surface area contributed by atoms with Crippen LogP contribution in [0.1, 0.15) is 43.6 Å². The van der Waals surface area contributed by atoms with Crippen LogP contribution in [0.15, 0.2) is 30.5 Å². The Balaban J connectivity index is 1.62. The number of ether oxygens (including phenoxy) is 1. The molecule has 1 saturated carbocycles. The van der Waals surface area contributed by atoms with Crippen LogP contribution in [0, 0.1) is 6.33 Å². The fourth-order valence-corrected chi connectivity index (χ4v) is 4.96. The van der Waals surface area contributed by atoms with Gasteiger partial charge >= 0.3 is 0 Å².